The van der Waals surface area contributed by atoms with Gasteiger partial charge in [-0.05, 0) is 61.4 Å². The second-order valence-corrected chi connectivity index (χ2v) is 8.08. The van der Waals surface area contributed by atoms with E-state index in [1.807, 2.05) is 36.1 Å². The zero-order valence-corrected chi connectivity index (χ0v) is 15.9. The second-order valence-electron chi connectivity index (χ2n) is 8.08. The summed E-state index contributed by atoms with van der Waals surface area (Å²) in [6.45, 7) is 3.49. The van der Waals surface area contributed by atoms with E-state index in [1.165, 1.54) is 6.07 Å². The molecule has 3 aromatic rings. The van der Waals surface area contributed by atoms with Gasteiger partial charge >= 0.3 is 0 Å². The quantitative estimate of drug-likeness (QED) is 0.659. The maximum Gasteiger partial charge on any atom is 0.226 e. The highest BCUT2D eigenvalue weighted by Gasteiger charge is 2.46. The molecule has 0 N–H and O–H groups in total. The van der Waals surface area contributed by atoms with E-state index < -0.39 is 0 Å². The number of halogens is 1. The number of amides is 1. The predicted molar refractivity (Wildman–Crippen MR) is 105 cm³/mol. The van der Waals surface area contributed by atoms with Crippen LogP contribution in [0.3, 0.4) is 0 Å². The summed E-state index contributed by atoms with van der Waals surface area (Å²) in [7, 11) is 0. The molecule has 4 nitrogen and oxygen atoms in total. The van der Waals surface area contributed by atoms with Gasteiger partial charge in [0.05, 0.1) is 0 Å². The number of nitrogens with zero attached hydrogens (tertiary/aromatic N) is 2. The van der Waals surface area contributed by atoms with E-state index in [2.05, 4.69) is 4.98 Å². The van der Waals surface area contributed by atoms with Crippen molar-refractivity contribution < 1.29 is 13.6 Å². The van der Waals surface area contributed by atoms with Crippen molar-refractivity contribution in [2.75, 3.05) is 13.1 Å². The number of aryl methyl sites for hydroxylation is 1. The third-order valence-corrected chi connectivity index (χ3v) is 6.17. The van der Waals surface area contributed by atoms with Crippen LogP contribution in [-0.2, 0) is 4.79 Å². The summed E-state index contributed by atoms with van der Waals surface area (Å²) >= 11 is 0. The molecule has 0 unspecified atom stereocenters. The van der Waals surface area contributed by atoms with E-state index in [4.69, 9.17) is 4.42 Å². The zero-order chi connectivity index (χ0) is 19.3. The molecule has 0 spiro atoms. The van der Waals surface area contributed by atoms with Gasteiger partial charge in [0.15, 0.2) is 11.5 Å². The maximum atomic E-state index is 13.4. The number of likely N-dealkylation sites (tertiary alicyclic amines) is 1. The van der Waals surface area contributed by atoms with Crippen molar-refractivity contribution in [2.45, 2.75) is 38.0 Å². The number of hydrogen-bond acceptors (Lipinski definition) is 3. The maximum absolute atomic E-state index is 13.4. The Hall–Kier alpha value is -2.69. The number of oxazole rings is 1. The molecular weight excluding hydrogens is 355 g/mol. The van der Waals surface area contributed by atoms with Gasteiger partial charge in [0.2, 0.25) is 5.91 Å². The summed E-state index contributed by atoms with van der Waals surface area (Å²) in [6, 6.07) is 12.6. The van der Waals surface area contributed by atoms with Crippen LogP contribution in [-0.4, -0.2) is 28.9 Å². The molecule has 1 amide bonds. The first kappa shape index (κ1) is 17.4. The highest BCUT2D eigenvalue weighted by atomic mass is 19.1. The van der Waals surface area contributed by atoms with Gasteiger partial charge in [0, 0.05) is 24.9 Å². The number of piperidine rings is 1. The second kappa shape index (κ2) is 6.73. The molecule has 0 radical (unpaired) electrons. The van der Waals surface area contributed by atoms with Crippen LogP contribution in [0.15, 0.2) is 46.9 Å². The largest absolute Gasteiger partial charge is 0.440 e. The lowest BCUT2D eigenvalue weighted by atomic mass is 9.96. The van der Waals surface area contributed by atoms with Gasteiger partial charge < -0.3 is 9.32 Å². The van der Waals surface area contributed by atoms with Crippen LogP contribution in [0.25, 0.3) is 11.1 Å². The molecule has 1 aliphatic carbocycles. The van der Waals surface area contributed by atoms with Crippen molar-refractivity contribution in [1.29, 1.82) is 0 Å². The summed E-state index contributed by atoms with van der Waals surface area (Å²) < 4.78 is 19.5. The molecule has 28 heavy (non-hydrogen) atoms. The van der Waals surface area contributed by atoms with Gasteiger partial charge in [-0.1, -0.05) is 24.3 Å². The van der Waals surface area contributed by atoms with Crippen LogP contribution in [0.5, 0.6) is 0 Å². The SMILES string of the molecule is Cc1cccc2nc(C3CCN(C(=O)[C@@H]4C[C@@H]4c4cccc(F)c4)CC3)oc12. The van der Waals surface area contributed by atoms with E-state index in [0.29, 0.717) is 0 Å². The van der Waals surface area contributed by atoms with E-state index in [1.54, 1.807) is 12.1 Å². The fourth-order valence-electron chi connectivity index (χ4n) is 4.43. The lowest BCUT2D eigenvalue weighted by molar-refractivity contribution is -0.133. The standard InChI is InChI=1S/C23H23FN2O2/c1-14-4-2-7-20-21(14)28-22(25-20)15-8-10-26(11-9-15)23(27)19-13-18(19)16-5-3-6-17(24)12-16/h2-7,12,15,18-19H,8-11,13H2,1H3/t18-,19-/m1/s1. The molecule has 1 aromatic heterocycles. The van der Waals surface area contributed by atoms with Crippen LogP contribution in [0, 0.1) is 18.7 Å². The molecule has 2 atom stereocenters. The van der Waals surface area contributed by atoms with E-state index >= 15 is 0 Å². The minimum atomic E-state index is -0.231. The predicted octanol–water partition coefficient (Wildman–Crippen LogP) is 4.79. The number of carbonyl (C=O) groups is 1. The average molecular weight is 378 g/mol. The van der Waals surface area contributed by atoms with Gasteiger partial charge in [-0.15, -0.1) is 0 Å². The molecular formula is C23H23FN2O2. The van der Waals surface area contributed by atoms with Gasteiger partial charge in [0.1, 0.15) is 11.3 Å². The highest BCUT2D eigenvalue weighted by Crippen LogP contribution is 2.49. The smallest absolute Gasteiger partial charge is 0.226 e. The summed E-state index contributed by atoms with van der Waals surface area (Å²) in [4.78, 5) is 19.5. The Labute approximate surface area is 163 Å². The van der Waals surface area contributed by atoms with Gasteiger partial charge in [-0.25, -0.2) is 9.37 Å². The molecule has 0 bridgehead atoms. The zero-order valence-electron chi connectivity index (χ0n) is 15.9. The fourth-order valence-corrected chi connectivity index (χ4v) is 4.43. The first-order valence-corrected chi connectivity index (χ1v) is 10.0. The number of hydrogen-bond donors (Lipinski definition) is 0. The Morgan fingerprint density at radius 3 is 2.71 bits per heavy atom. The first-order valence-electron chi connectivity index (χ1n) is 10.0. The molecule has 1 aliphatic heterocycles. The monoisotopic (exact) mass is 378 g/mol. The Balaban J connectivity index is 1.22. The molecule has 144 valence electrons. The van der Waals surface area contributed by atoms with Crippen molar-refractivity contribution in [3.05, 3.63) is 65.3 Å². The number of rotatable bonds is 3. The molecule has 2 heterocycles. The van der Waals surface area contributed by atoms with Crippen LogP contribution < -0.4 is 0 Å². The third kappa shape index (κ3) is 3.09. The Morgan fingerprint density at radius 2 is 1.96 bits per heavy atom. The number of aromatic nitrogens is 1. The van der Waals surface area contributed by atoms with E-state index in [-0.39, 0.29) is 29.5 Å². The van der Waals surface area contributed by atoms with Crippen LogP contribution >= 0.6 is 0 Å². The summed E-state index contributed by atoms with van der Waals surface area (Å²) in [5.41, 5.74) is 3.81. The van der Waals surface area contributed by atoms with Crippen molar-refractivity contribution in [1.82, 2.24) is 9.88 Å². The minimum absolute atomic E-state index is 0.00493. The topological polar surface area (TPSA) is 46.3 Å². The van der Waals surface area contributed by atoms with Crippen molar-refractivity contribution >= 4 is 17.0 Å². The minimum Gasteiger partial charge on any atom is -0.440 e. The van der Waals surface area contributed by atoms with Crippen molar-refractivity contribution in [3.63, 3.8) is 0 Å². The number of benzene rings is 2. The van der Waals surface area contributed by atoms with Crippen LogP contribution in [0.4, 0.5) is 4.39 Å². The summed E-state index contributed by atoms with van der Waals surface area (Å²) in [5, 5.41) is 0. The lowest BCUT2D eigenvalue weighted by Crippen LogP contribution is -2.39. The Morgan fingerprint density at radius 1 is 1.18 bits per heavy atom. The van der Waals surface area contributed by atoms with Crippen molar-refractivity contribution in [2.24, 2.45) is 5.92 Å². The van der Waals surface area contributed by atoms with E-state index in [9.17, 15) is 9.18 Å². The summed E-state index contributed by atoms with van der Waals surface area (Å²) in [6.07, 6.45) is 2.57. The Bertz CT molecular complexity index is 1040. The highest BCUT2D eigenvalue weighted by molar-refractivity contribution is 5.83. The molecule has 2 aliphatic rings. The fraction of sp³-hybridized carbons (Fsp3) is 0.391. The number of carbonyl (C=O) groups excluding carboxylic acids is 1. The summed E-state index contributed by atoms with van der Waals surface area (Å²) in [5.74, 6) is 1.20. The van der Waals surface area contributed by atoms with Crippen molar-refractivity contribution in [3.8, 4) is 0 Å². The van der Waals surface area contributed by atoms with Gasteiger partial charge in [0.25, 0.3) is 0 Å². The van der Waals surface area contributed by atoms with E-state index in [0.717, 1.165) is 60.5 Å². The normalized spacial score (nSPS) is 22.6. The molecule has 5 heteroatoms. The first-order chi connectivity index (χ1) is 13.6. The molecule has 2 aromatic carbocycles. The molecule has 1 saturated carbocycles. The lowest BCUT2D eigenvalue weighted by Gasteiger charge is -2.31. The van der Waals surface area contributed by atoms with Gasteiger partial charge in [-0.2, -0.15) is 0 Å². The van der Waals surface area contributed by atoms with Gasteiger partial charge in [-0.3, -0.25) is 4.79 Å². The molecule has 1 saturated heterocycles. The molecule has 2 fully saturated rings. The Kier molecular flexibility index (Phi) is 4.18. The third-order valence-electron chi connectivity index (χ3n) is 6.17. The molecule has 5 rings (SSSR count). The average Bonchev–Trinajstić information content (AvgIpc) is 3.39. The van der Waals surface area contributed by atoms with Crippen LogP contribution in [0.1, 0.15) is 48.1 Å². The number of fused-ring (bicyclic) bond motifs is 1. The van der Waals surface area contributed by atoms with Crippen LogP contribution in [0.2, 0.25) is 0 Å². The number of para-hydroxylation sites is 1.